The monoisotopic (exact) mass is 421 g/mol. The molecule has 2 aromatic rings. The van der Waals surface area contributed by atoms with Gasteiger partial charge in [-0.1, -0.05) is 51.8 Å². The number of hydrogen-bond acceptors (Lipinski definition) is 3. The molecule has 0 saturated carbocycles. The van der Waals surface area contributed by atoms with Crippen LogP contribution in [0.3, 0.4) is 0 Å². The number of rotatable bonds is 3. The molecular weight excluding hydrogens is 402 g/mol. The number of para-hydroxylation sites is 1. The van der Waals surface area contributed by atoms with Gasteiger partial charge in [0.1, 0.15) is 0 Å². The summed E-state index contributed by atoms with van der Waals surface area (Å²) < 4.78 is 34.0. The smallest absolute Gasteiger partial charge is 0.264 e. The van der Waals surface area contributed by atoms with Crippen molar-refractivity contribution in [1.29, 1.82) is 0 Å². The molecule has 0 aliphatic carbocycles. The van der Waals surface area contributed by atoms with Gasteiger partial charge in [0.05, 0.1) is 23.3 Å². The fourth-order valence-electron chi connectivity index (χ4n) is 3.89. The molecule has 0 unspecified atom stereocenters. The molecule has 4 rings (SSSR count). The van der Waals surface area contributed by atoms with Gasteiger partial charge >= 0.3 is 0 Å². The lowest BCUT2D eigenvalue weighted by Gasteiger charge is -2.37. The largest absolute Gasteiger partial charge is 0.376 e. The van der Waals surface area contributed by atoms with Crippen LogP contribution in [0.5, 0.6) is 0 Å². The van der Waals surface area contributed by atoms with Gasteiger partial charge in [-0.05, 0) is 30.7 Å². The van der Waals surface area contributed by atoms with E-state index in [-0.39, 0.29) is 17.9 Å². The average molecular weight is 422 g/mol. The van der Waals surface area contributed by atoms with Crippen molar-refractivity contribution in [2.45, 2.75) is 23.8 Å². The molecule has 0 aromatic heterocycles. The summed E-state index contributed by atoms with van der Waals surface area (Å²) in [7, 11) is -3.59. The highest BCUT2D eigenvalue weighted by Gasteiger charge is 2.45. The fourth-order valence-corrected chi connectivity index (χ4v) is 6.03. The van der Waals surface area contributed by atoms with E-state index in [0.717, 1.165) is 22.1 Å². The molecular formula is C19H20BrNO3S. The minimum atomic E-state index is -3.59. The van der Waals surface area contributed by atoms with E-state index in [0.29, 0.717) is 18.0 Å². The number of benzene rings is 2. The third kappa shape index (κ3) is 2.80. The average Bonchev–Trinajstić information content (AvgIpc) is 3.05. The summed E-state index contributed by atoms with van der Waals surface area (Å²) in [6, 6.07) is 14.9. The standard InChI is InChI=1S/C19H20BrNO3S/c1-13-6-8-15(9-7-13)25(22,23)21-11-14-12-24-18(10-20)19(14)16-4-2-3-5-17(16)21/h2-9,14,18-19H,10-12H2,1H3/t14-,18-,19+/m0/s1. The number of halogens is 1. The van der Waals surface area contributed by atoms with Crippen LogP contribution in [0.4, 0.5) is 5.69 Å². The van der Waals surface area contributed by atoms with Gasteiger partial charge in [0.2, 0.25) is 0 Å². The minimum absolute atomic E-state index is 0.0929. The number of sulfonamides is 1. The van der Waals surface area contributed by atoms with Crippen LogP contribution in [-0.2, 0) is 14.8 Å². The normalized spacial score (nSPS) is 25.5. The maximum Gasteiger partial charge on any atom is 0.264 e. The molecule has 1 fully saturated rings. The Bertz CT molecular complexity index is 882. The van der Waals surface area contributed by atoms with Crippen molar-refractivity contribution in [2.75, 3.05) is 22.8 Å². The van der Waals surface area contributed by atoms with Gasteiger partial charge in [0.25, 0.3) is 10.0 Å². The Balaban J connectivity index is 1.81. The number of alkyl halides is 1. The number of nitrogens with zero attached hydrogens (tertiary/aromatic N) is 1. The third-order valence-electron chi connectivity index (χ3n) is 5.16. The quantitative estimate of drug-likeness (QED) is 0.709. The highest BCUT2D eigenvalue weighted by Crippen LogP contribution is 2.47. The molecule has 2 aromatic carbocycles. The van der Waals surface area contributed by atoms with E-state index in [4.69, 9.17) is 4.74 Å². The topological polar surface area (TPSA) is 46.6 Å². The SMILES string of the molecule is Cc1ccc(S(=O)(=O)N2C[C@H]3CO[C@@H](CBr)[C@H]3c3ccccc32)cc1. The highest BCUT2D eigenvalue weighted by atomic mass is 79.9. The number of ether oxygens (including phenoxy) is 1. The Kier molecular flexibility index (Phi) is 4.38. The van der Waals surface area contributed by atoms with E-state index in [1.54, 1.807) is 16.4 Å². The van der Waals surface area contributed by atoms with Crippen LogP contribution in [0.25, 0.3) is 0 Å². The molecule has 0 amide bonds. The summed E-state index contributed by atoms with van der Waals surface area (Å²) in [5.74, 6) is 0.415. The summed E-state index contributed by atoms with van der Waals surface area (Å²) in [5, 5.41) is 0.757. The first-order valence-electron chi connectivity index (χ1n) is 8.38. The molecule has 4 nitrogen and oxygen atoms in total. The molecule has 0 spiro atoms. The van der Waals surface area contributed by atoms with E-state index < -0.39 is 10.0 Å². The van der Waals surface area contributed by atoms with Crippen molar-refractivity contribution < 1.29 is 13.2 Å². The summed E-state index contributed by atoms with van der Waals surface area (Å²) >= 11 is 3.53. The predicted octanol–water partition coefficient (Wildman–Crippen LogP) is 3.70. The van der Waals surface area contributed by atoms with Gasteiger partial charge in [0.15, 0.2) is 0 Å². The summed E-state index contributed by atoms with van der Waals surface area (Å²) in [4.78, 5) is 0.335. The molecule has 132 valence electrons. The van der Waals surface area contributed by atoms with E-state index in [1.807, 2.05) is 43.3 Å². The zero-order chi connectivity index (χ0) is 17.6. The molecule has 3 atom stereocenters. The Hall–Kier alpha value is -1.37. The maximum absolute atomic E-state index is 13.3. The molecule has 2 aliphatic rings. The van der Waals surface area contributed by atoms with Crippen LogP contribution in [0.1, 0.15) is 17.0 Å². The molecule has 25 heavy (non-hydrogen) atoms. The number of aryl methyl sites for hydroxylation is 1. The molecule has 0 N–H and O–H groups in total. The first kappa shape index (κ1) is 17.1. The van der Waals surface area contributed by atoms with Crippen molar-refractivity contribution in [3.8, 4) is 0 Å². The van der Waals surface area contributed by atoms with Gasteiger partial charge in [-0.2, -0.15) is 0 Å². The van der Waals surface area contributed by atoms with Crippen molar-refractivity contribution in [3.05, 3.63) is 59.7 Å². The summed E-state index contributed by atoms with van der Waals surface area (Å²) in [5.41, 5.74) is 2.89. The zero-order valence-corrected chi connectivity index (χ0v) is 16.3. The third-order valence-corrected chi connectivity index (χ3v) is 7.59. The second kappa shape index (κ2) is 6.41. The van der Waals surface area contributed by atoms with Crippen molar-refractivity contribution in [2.24, 2.45) is 5.92 Å². The summed E-state index contributed by atoms with van der Waals surface area (Å²) in [6.07, 6.45) is 0.0929. The van der Waals surface area contributed by atoms with E-state index in [9.17, 15) is 8.42 Å². The van der Waals surface area contributed by atoms with Crippen LogP contribution in [0, 0.1) is 12.8 Å². The molecule has 2 heterocycles. The lowest BCUT2D eigenvalue weighted by molar-refractivity contribution is 0.120. The molecule has 2 aliphatic heterocycles. The van der Waals surface area contributed by atoms with Crippen LogP contribution in [-0.4, -0.2) is 33.0 Å². The number of hydrogen-bond donors (Lipinski definition) is 0. The van der Waals surface area contributed by atoms with Gasteiger partial charge in [0, 0.05) is 23.7 Å². The van der Waals surface area contributed by atoms with Gasteiger partial charge in [-0.15, -0.1) is 0 Å². The Morgan fingerprint density at radius 1 is 1.16 bits per heavy atom. The van der Waals surface area contributed by atoms with Crippen molar-refractivity contribution in [1.82, 2.24) is 0 Å². The van der Waals surface area contributed by atoms with Gasteiger partial charge < -0.3 is 4.74 Å². The predicted molar refractivity (Wildman–Crippen MR) is 102 cm³/mol. The fraction of sp³-hybridized carbons (Fsp3) is 0.368. The first-order valence-corrected chi connectivity index (χ1v) is 10.9. The van der Waals surface area contributed by atoms with Crippen LogP contribution in [0.15, 0.2) is 53.4 Å². The Morgan fingerprint density at radius 3 is 2.60 bits per heavy atom. The second-order valence-corrected chi connectivity index (χ2v) is 9.23. The molecule has 0 radical (unpaired) electrons. The van der Waals surface area contributed by atoms with E-state index in [1.165, 1.54) is 0 Å². The number of anilines is 1. The Morgan fingerprint density at radius 2 is 1.88 bits per heavy atom. The molecule has 1 saturated heterocycles. The van der Waals surface area contributed by atoms with Crippen molar-refractivity contribution >= 4 is 31.6 Å². The lowest BCUT2D eigenvalue weighted by atomic mass is 9.81. The molecule has 0 bridgehead atoms. The van der Waals surface area contributed by atoms with Gasteiger partial charge in [-0.25, -0.2) is 8.42 Å². The zero-order valence-electron chi connectivity index (χ0n) is 13.9. The Labute approximate surface area is 157 Å². The minimum Gasteiger partial charge on any atom is -0.376 e. The lowest BCUT2D eigenvalue weighted by Crippen LogP contribution is -2.42. The maximum atomic E-state index is 13.3. The van der Waals surface area contributed by atoms with Gasteiger partial charge in [-0.3, -0.25) is 4.31 Å². The molecule has 6 heteroatoms. The van der Waals surface area contributed by atoms with E-state index >= 15 is 0 Å². The highest BCUT2D eigenvalue weighted by molar-refractivity contribution is 9.09. The van der Waals surface area contributed by atoms with Crippen LogP contribution < -0.4 is 4.31 Å². The van der Waals surface area contributed by atoms with Crippen LogP contribution >= 0.6 is 15.9 Å². The van der Waals surface area contributed by atoms with Crippen molar-refractivity contribution in [3.63, 3.8) is 0 Å². The number of fused-ring (bicyclic) bond motifs is 3. The second-order valence-electron chi connectivity index (χ2n) is 6.72. The first-order chi connectivity index (χ1) is 12.0. The van der Waals surface area contributed by atoms with E-state index in [2.05, 4.69) is 15.9 Å². The summed E-state index contributed by atoms with van der Waals surface area (Å²) in [6.45, 7) is 3.00. The van der Waals surface area contributed by atoms with Crippen LogP contribution in [0.2, 0.25) is 0 Å².